The Morgan fingerprint density at radius 1 is 1.50 bits per heavy atom. The third-order valence-electron chi connectivity index (χ3n) is 1.38. The fourth-order valence-electron chi connectivity index (χ4n) is 0.730. The predicted molar refractivity (Wildman–Crippen MR) is 40.2 cm³/mol. The van der Waals surface area contributed by atoms with E-state index in [9.17, 15) is 0 Å². The Balaban J connectivity index is 3.14. The van der Waals surface area contributed by atoms with Gasteiger partial charge in [-0.2, -0.15) is 5.10 Å². The molecule has 0 radical (unpaired) electrons. The quantitative estimate of drug-likeness (QED) is 0.581. The molecule has 54 valence electrons. The zero-order valence-electron chi connectivity index (χ0n) is 5.83. The molecule has 10 heavy (non-hydrogen) atoms. The van der Waals surface area contributed by atoms with E-state index in [-0.39, 0.29) is 0 Å². The number of hydrogen-bond donors (Lipinski definition) is 2. The summed E-state index contributed by atoms with van der Waals surface area (Å²) in [5, 5.41) is 7.25. The van der Waals surface area contributed by atoms with E-state index in [4.69, 9.17) is 11.5 Å². The van der Waals surface area contributed by atoms with Crippen LogP contribution in [0, 0.1) is 0 Å². The summed E-state index contributed by atoms with van der Waals surface area (Å²) in [6, 6.07) is 0. The summed E-state index contributed by atoms with van der Waals surface area (Å²) < 4.78 is 0. The van der Waals surface area contributed by atoms with Gasteiger partial charge in [-0.05, 0) is 12.0 Å². The summed E-state index contributed by atoms with van der Waals surface area (Å²) in [5.41, 5.74) is 12.5. The topological polar surface area (TPSA) is 77.8 Å². The number of hydrogen-bond acceptors (Lipinski definition) is 4. The van der Waals surface area contributed by atoms with Crippen LogP contribution < -0.4 is 11.5 Å². The van der Waals surface area contributed by atoms with Crippen molar-refractivity contribution in [3.63, 3.8) is 0 Å². The highest BCUT2D eigenvalue weighted by molar-refractivity contribution is 5.61. The van der Waals surface area contributed by atoms with Crippen LogP contribution >= 0.6 is 0 Å². The van der Waals surface area contributed by atoms with E-state index in [1.54, 1.807) is 6.20 Å². The van der Waals surface area contributed by atoms with Gasteiger partial charge in [-0.25, -0.2) is 0 Å². The predicted octanol–water partition coefficient (Wildman–Crippen LogP) is 0.203. The van der Waals surface area contributed by atoms with Gasteiger partial charge >= 0.3 is 0 Å². The molecule has 4 nitrogen and oxygen atoms in total. The van der Waals surface area contributed by atoms with Gasteiger partial charge in [0.05, 0.1) is 11.9 Å². The molecule has 0 spiro atoms. The van der Waals surface area contributed by atoms with Gasteiger partial charge in [0.15, 0.2) is 5.82 Å². The van der Waals surface area contributed by atoms with Crippen molar-refractivity contribution < 1.29 is 0 Å². The van der Waals surface area contributed by atoms with Crippen molar-refractivity contribution in [2.45, 2.75) is 13.3 Å². The summed E-state index contributed by atoms with van der Waals surface area (Å²) in [4.78, 5) is 0. The molecule has 0 atom stereocenters. The molecule has 1 heterocycles. The van der Waals surface area contributed by atoms with Gasteiger partial charge in [-0.15, -0.1) is 5.10 Å². The van der Waals surface area contributed by atoms with E-state index in [0.717, 1.165) is 12.0 Å². The van der Waals surface area contributed by atoms with Gasteiger partial charge in [0, 0.05) is 0 Å². The molecule has 0 saturated heterocycles. The minimum absolute atomic E-state index is 0.319. The van der Waals surface area contributed by atoms with Gasteiger partial charge in [0.2, 0.25) is 0 Å². The van der Waals surface area contributed by atoms with Crippen LogP contribution in [0.25, 0.3) is 0 Å². The third-order valence-corrected chi connectivity index (χ3v) is 1.38. The largest absolute Gasteiger partial charge is 0.395 e. The maximum atomic E-state index is 5.57. The Kier molecular flexibility index (Phi) is 1.71. The number of nitrogens with two attached hydrogens (primary N) is 2. The highest BCUT2D eigenvalue weighted by Crippen LogP contribution is 2.14. The average Bonchev–Trinajstić information content (AvgIpc) is 1.95. The molecule has 0 unspecified atom stereocenters. The molecule has 4 N–H and O–H groups in total. The lowest BCUT2D eigenvalue weighted by atomic mass is 10.2. The van der Waals surface area contributed by atoms with Crippen molar-refractivity contribution in [2.24, 2.45) is 0 Å². The molecule has 4 heteroatoms. The van der Waals surface area contributed by atoms with Crippen LogP contribution in [0.15, 0.2) is 6.20 Å². The second-order valence-corrected chi connectivity index (χ2v) is 2.02. The first-order valence-electron chi connectivity index (χ1n) is 3.11. The summed E-state index contributed by atoms with van der Waals surface area (Å²) in [6.07, 6.45) is 2.47. The molecule has 0 aliphatic carbocycles. The van der Waals surface area contributed by atoms with E-state index >= 15 is 0 Å². The normalized spacial score (nSPS) is 9.70. The lowest BCUT2D eigenvalue weighted by Gasteiger charge is -2.01. The highest BCUT2D eigenvalue weighted by Gasteiger charge is 2.00. The Labute approximate surface area is 59.2 Å². The number of nitrogens with zero attached hydrogens (tertiary/aromatic N) is 2. The van der Waals surface area contributed by atoms with E-state index < -0.39 is 0 Å². The molecule has 0 bridgehead atoms. The van der Waals surface area contributed by atoms with Gasteiger partial charge in [-0.1, -0.05) is 6.92 Å². The van der Waals surface area contributed by atoms with Gasteiger partial charge in [-0.3, -0.25) is 0 Å². The van der Waals surface area contributed by atoms with Crippen molar-refractivity contribution in [3.8, 4) is 0 Å². The van der Waals surface area contributed by atoms with Gasteiger partial charge in [0.1, 0.15) is 0 Å². The summed E-state index contributed by atoms with van der Waals surface area (Å²) >= 11 is 0. The second kappa shape index (κ2) is 2.51. The first-order chi connectivity index (χ1) is 4.75. The van der Waals surface area contributed by atoms with Crippen LogP contribution in [0.5, 0.6) is 0 Å². The average molecular weight is 138 g/mol. The Bertz CT molecular complexity index is 233. The highest BCUT2D eigenvalue weighted by atomic mass is 15.1. The first kappa shape index (κ1) is 6.80. The van der Waals surface area contributed by atoms with Crippen LogP contribution in [0.4, 0.5) is 11.5 Å². The summed E-state index contributed by atoms with van der Waals surface area (Å²) in [6.45, 7) is 1.99. The summed E-state index contributed by atoms with van der Waals surface area (Å²) in [5.74, 6) is 0.319. The zero-order valence-corrected chi connectivity index (χ0v) is 5.83. The molecule has 0 aliphatic rings. The van der Waals surface area contributed by atoms with E-state index in [1.165, 1.54) is 0 Å². The molecule has 0 amide bonds. The molecular weight excluding hydrogens is 128 g/mol. The van der Waals surface area contributed by atoms with Crippen LogP contribution in [0.3, 0.4) is 0 Å². The van der Waals surface area contributed by atoms with Gasteiger partial charge in [0.25, 0.3) is 0 Å². The molecule has 0 fully saturated rings. The Hall–Kier alpha value is -1.32. The molecule has 1 aromatic heterocycles. The number of rotatable bonds is 1. The van der Waals surface area contributed by atoms with Crippen LogP contribution in [0.2, 0.25) is 0 Å². The molecule has 1 aromatic rings. The van der Waals surface area contributed by atoms with Crippen LogP contribution in [-0.2, 0) is 6.42 Å². The van der Waals surface area contributed by atoms with Gasteiger partial charge < -0.3 is 11.5 Å². The number of nitrogen functional groups attached to an aromatic ring is 2. The summed E-state index contributed by atoms with van der Waals surface area (Å²) in [7, 11) is 0. The van der Waals surface area contributed by atoms with Crippen LogP contribution in [-0.4, -0.2) is 10.2 Å². The van der Waals surface area contributed by atoms with Crippen molar-refractivity contribution >= 4 is 11.5 Å². The number of aryl methyl sites for hydroxylation is 1. The maximum absolute atomic E-state index is 5.57. The smallest absolute Gasteiger partial charge is 0.169 e. The maximum Gasteiger partial charge on any atom is 0.169 e. The second-order valence-electron chi connectivity index (χ2n) is 2.02. The number of aromatic nitrogens is 2. The SMILES string of the molecule is CCc1cnnc(N)c1N. The first-order valence-corrected chi connectivity index (χ1v) is 3.11. The Morgan fingerprint density at radius 2 is 2.20 bits per heavy atom. The standard InChI is InChI=1S/C6H10N4/c1-2-4-3-9-10-6(8)5(4)7/h3H,2H2,1H3,(H2,7,9)(H2,8,10). The molecule has 0 aliphatic heterocycles. The Morgan fingerprint density at radius 3 is 2.70 bits per heavy atom. The van der Waals surface area contributed by atoms with Crippen molar-refractivity contribution in [2.75, 3.05) is 11.5 Å². The lowest BCUT2D eigenvalue weighted by molar-refractivity contribution is 0.997. The fraction of sp³-hybridized carbons (Fsp3) is 0.333. The van der Waals surface area contributed by atoms with E-state index in [1.807, 2.05) is 6.92 Å². The third kappa shape index (κ3) is 1.00. The van der Waals surface area contributed by atoms with E-state index in [2.05, 4.69) is 10.2 Å². The van der Waals surface area contributed by atoms with Crippen molar-refractivity contribution in [3.05, 3.63) is 11.8 Å². The van der Waals surface area contributed by atoms with Crippen molar-refractivity contribution in [1.82, 2.24) is 10.2 Å². The molecule has 1 rings (SSSR count). The number of anilines is 2. The monoisotopic (exact) mass is 138 g/mol. The minimum Gasteiger partial charge on any atom is -0.395 e. The molecule has 0 saturated carbocycles. The zero-order chi connectivity index (χ0) is 7.56. The van der Waals surface area contributed by atoms with Crippen LogP contribution in [0.1, 0.15) is 12.5 Å². The van der Waals surface area contributed by atoms with E-state index in [0.29, 0.717) is 11.5 Å². The molecular formula is C6H10N4. The van der Waals surface area contributed by atoms with Crippen molar-refractivity contribution in [1.29, 1.82) is 0 Å². The minimum atomic E-state index is 0.319. The molecule has 0 aromatic carbocycles. The fourth-order valence-corrected chi connectivity index (χ4v) is 0.730. The lowest BCUT2D eigenvalue weighted by Crippen LogP contribution is -2.02.